The molecule has 0 aromatic carbocycles. The molecule has 1 N–H and O–H groups in total. The molecular weight excluding hydrogens is 244 g/mol. The molecule has 0 atom stereocenters. The van der Waals surface area contributed by atoms with Gasteiger partial charge in [0.15, 0.2) is 0 Å². The Bertz CT molecular complexity index is 571. The van der Waals surface area contributed by atoms with E-state index >= 15 is 0 Å². The Labute approximate surface area is 112 Å². The lowest BCUT2D eigenvalue weighted by Crippen LogP contribution is -2.38. The first-order chi connectivity index (χ1) is 8.82. The molecule has 0 radical (unpaired) electrons. The largest absolute Gasteiger partial charge is 0.481 e. The molecule has 5 heteroatoms. The summed E-state index contributed by atoms with van der Waals surface area (Å²) in [6.07, 6.45) is 3.34. The first-order valence-corrected chi connectivity index (χ1v) is 6.61. The molecule has 1 aliphatic carbocycles. The van der Waals surface area contributed by atoms with Crippen LogP contribution in [0.4, 0.5) is 0 Å². The van der Waals surface area contributed by atoms with E-state index in [1.165, 1.54) is 6.42 Å². The van der Waals surface area contributed by atoms with E-state index in [1.807, 2.05) is 6.92 Å². The van der Waals surface area contributed by atoms with Crippen LogP contribution in [0.15, 0.2) is 4.79 Å². The summed E-state index contributed by atoms with van der Waals surface area (Å²) in [5.41, 5.74) is 1.83. The van der Waals surface area contributed by atoms with E-state index in [0.717, 1.165) is 18.5 Å². The van der Waals surface area contributed by atoms with Crippen molar-refractivity contribution in [2.24, 2.45) is 5.41 Å². The molecule has 5 nitrogen and oxygen atoms in total. The number of rotatable bonds is 4. The van der Waals surface area contributed by atoms with Gasteiger partial charge in [-0.3, -0.25) is 9.36 Å². The van der Waals surface area contributed by atoms with Crippen LogP contribution in [0.25, 0.3) is 0 Å². The van der Waals surface area contributed by atoms with E-state index in [-0.39, 0.29) is 17.5 Å². The lowest BCUT2D eigenvalue weighted by Gasteiger charge is -2.39. The van der Waals surface area contributed by atoms with Crippen molar-refractivity contribution in [2.45, 2.75) is 53.0 Å². The maximum atomic E-state index is 12.0. The molecular formula is C14H20N2O3. The molecule has 0 spiro atoms. The molecule has 19 heavy (non-hydrogen) atoms. The number of carboxylic acids is 1. The fraction of sp³-hybridized carbons (Fsp3) is 0.643. The van der Waals surface area contributed by atoms with Gasteiger partial charge < -0.3 is 5.11 Å². The molecule has 0 saturated heterocycles. The first-order valence-electron chi connectivity index (χ1n) is 6.61. The smallest absolute Gasteiger partial charge is 0.347 e. The van der Waals surface area contributed by atoms with Crippen molar-refractivity contribution < 1.29 is 9.90 Å². The SMILES string of the molecule is Cc1nc(=O)n(CC2(C)CCC2)c(C)c1CC(=O)O. The summed E-state index contributed by atoms with van der Waals surface area (Å²) in [6.45, 7) is 6.31. The third-order valence-corrected chi connectivity index (χ3v) is 4.20. The van der Waals surface area contributed by atoms with Gasteiger partial charge in [0.2, 0.25) is 0 Å². The van der Waals surface area contributed by atoms with E-state index in [0.29, 0.717) is 17.8 Å². The fourth-order valence-electron chi connectivity index (χ4n) is 2.75. The number of hydrogen-bond donors (Lipinski definition) is 1. The van der Waals surface area contributed by atoms with Crippen LogP contribution in [-0.4, -0.2) is 20.6 Å². The Morgan fingerprint density at radius 2 is 2.05 bits per heavy atom. The predicted molar refractivity (Wildman–Crippen MR) is 71.3 cm³/mol. The number of hydrogen-bond acceptors (Lipinski definition) is 3. The van der Waals surface area contributed by atoms with Gasteiger partial charge in [0.1, 0.15) is 0 Å². The van der Waals surface area contributed by atoms with E-state index in [2.05, 4.69) is 11.9 Å². The second-order valence-electron chi connectivity index (χ2n) is 5.86. The summed E-state index contributed by atoms with van der Waals surface area (Å²) < 4.78 is 1.64. The lowest BCUT2D eigenvalue weighted by molar-refractivity contribution is -0.136. The average Bonchev–Trinajstić information content (AvgIpc) is 2.27. The van der Waals surface area contributed by atoms with Gasteiger partial charge >= 0.3 is 11.7 Å². The van der Waals surface area contributed by atoms with Crippen LogP contribution in [0, 0.1) is 19.3 Å². The topological polar surface area (TPSA) is 72.2 Å². The summed E-state index contributed by atoms with van der Waals surface area (Å²) in [5, 5.41) is 8.95. The van der Waals surface area contributed by atoms with Crippen LogP contribution >= 0.6 is 0 Å². The van der Waals surface area contributed by atoms with Crippen molar-refractivity contribution in [3.8, 4) is 0 Å². The minimum Gasteiger partial charge on any atom is -0.481 e. The molecule has 0 amide bonds. The zero-order valence-corrected chi connectivity index (χ0v) is 11.7. The predicted octanol–water partition coefficient (Wildman–Crippen LogP) is 1.68. The zero-order valence-electron chi connectivity index (χ0n) is 11.7. The molecule has 1 aromatic heterocycles. The molecule has 1 heterocycles. The molecule has 0 unspecified atom stereocenters. The molecule has 104 valence electrons. The van der Waals surface area contributed by atoms with Gasteiger partial charge in [-0.2, -0.15) is 4.98 Å². The highest BCUT2D eigenvalue weighted by Gasteiger charge is 2.33. The minimum atomic E-state index is -0.895. The number of carboxylic acid groups (broad SMARTS) is 1. The van der Waals surface area contributed by atoms with Crippen LogP contribution in [0.1, 0.15) is 43.1 Å². The highest BCUT2D eigenvalue weighted by molar-refractivity contribution is 5.70. The van der Waals surface area contributed by atoms with Crippen molar-refractivity contribution in [1.82, 2.24) is 9.55 Å². The Morgan fingerprint density at radius 1 is 1.42 bits per heavy atom. The van der Waals surface area contributed by atoms with Crippen LogP contribution < -0.4 is 5.69 Å². The summed E-state index contributed by atoms with van der Waals surface area (Å²) in [5.74, 6) is -0.895. The third-order valence-electron chi connectivity index (χ3n) is 4.20. The van der Waals surface area contributed by atoms with Crippen molar-refractivity contribution >= 4 is 5.97 Å². The third kappa shape index (κ3) is 2.69. The quantitative estimate of drug-likeness (QED) is 0.898. The maximum Gasteiger partial charge on any atom is 0.347 e. The number of aryl methyl sites for hydroxylation is 1. The van der Waals surface area contributed by atoms with Gasteiger partial charge in [-0.25, -0.2) is 4.79 Å². The maximum absolute atomic E-state index is 12.0. The van der Waals surface area contributed by atoms with E-state index < -0.39 is 5.97 Å². The Kier molecular flexibility index (Phi) is 3.47. The zero-order chi connectivity index (χ0) is 14.2. The Morgan fingerprint density at radius 3 is 2.53 bits per heavy atom. The second-order valence-corrected chi connectivity index (χ2v) is 5.86. The van der Waals surface area contributed by atoms with Gasteiger partial charge in [-0.15, -0.1) is 0 Å². The van der Waals surface area contributed by atoms with Gasteiger partial charge in [0.25, 0.3) is 0 Å². The van der Waals surface area contributed by atoms with Crippen LogP contribution in [0.5, 0.6) is 0 Å². The highest BCUT2D eigenvalue weighted by atomic mass is 16.4. The summed E-state index contributed by atoms with van der Waals surface area (Å²) in [7, 11) is 0. The lowest BCUT2D eigenvalue weighted by atomic mass is 9.70. The van der Waals surface area contributed by atoms with Crippen LogP contribution in [-0.2, 0) is 17.8 Å². The van der Waals surface area contributed by atoms with Gasteiger partial charge in [0.05, 0.1) is 6.42 Å². The molecule has 1 aromatic rings. The molecule has 0 bridgehead atoms. The van der Waals surface area contributed by atoms with Gasteiger partial charge in [-0.1, -0.05) is 13.3 Å². The number of aliphatic carboxylic acids is 1. The second kappa shape index (κ2) is 4.79. The molecule has 1 saturated carbocycles. The van der Waals surface area contributed by atoms with Crippen LogP contribution in [0.3, 0.4) is 0 Å². The highest BCUT2D eigenvalue weighted by Crippen LogP contribution is 2.41. The Balaban J connectivity index is 2.42. The van der Waals surface area contributed by atoms with Crippen molar-refractivity contribution in [3.63, 3.8) is 0 Å². The van der Waals surface area contributed by atoms with Crippen molar-refractivity contribution in [1.29, 1.82) is 0 Å². The molecule has 2 rings (SSSR count). The van der Waals surface area contributed by atoms with E-state index in [4.69, 9.17) is 5.11 Å². The summed E-state index contributed by atoms with van der Waals surface area (Å²) >= 11 is 0. The number of carbonyl (C=O) groups is 1. The Hall–Kier alpha value is -1.65. The molecule has 1 fully saturated rings. The van der Waals surface area contributed by atoms with Crippen molar-refractivity contribution in [2.75, 3.05) is 0 Å². The summed E-state index contributed by atoms with van der Waals surface area (Å²) in [4.78, 5) is 26.9. The summed E-state index contributed by atoms with van der Waals surface area (Å²) in [6, 6.07) is 0. The van der Waals surface area contributed by atoms with Gasteiger partial charge in [-0.05, 0) is 32.1 Å². The molecule has 1 aliphatic rings. The normalized spacial score (nSPS) is 17.0. The first kappa shape index (κ1) is 13.8. The minimum absolute atomic E-state index is 0.0817. The monoisotopic (exact) mass is 264 g/mol. The standard InChI is InChI=1S/C14H20N2O3/c1-9-11(7-12(17)18)10(2)16(13(19)15-9)8-14(3)5-4-6-14/h4-8H2,1-3H3,(H,17,18). The molecule has 0 aliphatic heterocycles. The van der Waals surface area contributed by atoms with E-state index in [9.17, 15) is 9.59 Å². The van der Waals surface area contributed by atoms with E-state index in [1.54, 1.807) is 11.5 Å². The van der Waals surface area contributed by atoms with Crippen molar-refractivity contribution in [3.05, 3.63) is 27.4 Å². The number of nitrogens with zero attached hydrogens (tertiary/aromatic N) is 2. The fourth-order valence-corrected chi connectivity index (χ4v) is 2.75. The van der Waals surface area contributed by atoms with Gasteiger partial charge in [0, 0.05) is 23.5 Å². The van der Waals surface area contributed by atoms with Crippen LogP contribution in [0.2, 0.25) is 0 Å². The average molecular weight is 264 g/mol. The number of aromatic nitrogens is 2.